The number of nitrogens with zero attached hydrogens (tertiary/aromatic N) is 3. The number of carbonyl (C=O) groups is 2. The third kappa shape index (κ3) is 4.17. The average Bonchev–Trinajstić information content (AvgIpc) is 3.36. The molecule has 6 nitrogen and oxygen atoms in total. The Balaban J connectivity index is 0.000000209. The Morgan fingerprint density at radius 2 is 1.46 bits per heavy atom. The third-order valence-corrected chi connectivity index (χ3v) is 6.09. The standard InChI is InChI=1S/C12H13N3O2.C4H14OSi2/c16-9-7-8(13-1-2-13)12(17)11(15-5-6-15)10(9)14-3-4-14;1-7(2,3)5-4-6/h7H,1-6H2;4H2,1-3,6H3. The Kier molecular flexibility index (Phi) is 4.72. The first-order valence-electron chi connectivity index (χ1n) is 8.75. The van der Waals surface area contributed by atoms with Gasteiger partial charge in [0.2, 0.25) is 11.6 Å². The van der Waals surface area contributed by atoms with Gasteiger partial charge in [0.25, 0.3) is 0 Å². The molecule has 0 aromatic heterocycles. The van der Waals surface area contributed by atoms with Crippen LogP contribution in [0.1, 0.15) is 0 Å². The number of ketones is 2. The van der Waals surface area contributed by atoms with Gasteiger partial charge in [-0.05, 0) is 19.6 Å². The summed E-state index contributed by atoms with van der Waals surface area (Å²) in [6.07, 6.45) is 2.53. The summed E-state index contributed by atoms with van der Waals surface area (Å²) < 4.78 is 5.43. The molecule has 132 valence electrons. The fourth-order valence-electron chi connectivity index (χ4n) is 2.71. The second-order valence-electron chi connectivity index (χ2n) is 7.43. The van der Waals surface area contributed by atoms with Gasteiger partial charge in [0, 0.05) is 61.8 Å². The maximum atomic E-state index is 12.4. The molecule has 3 heterocycles. The molecule has 0 N–H and O–H groups in total. The molecule has 3 aliphatic heterocycles. The van der Waals surface area contributed by atoms with Crippen LogP contribution in [0.15, 0.2) is 23.2 Å². The van der Waals surface area contributed by atoms with Crippen molar-refractivity contribution in [1.29, 1.82) is 0 Å². The molecule has 4 aliphatic rings. The third-order valence-electron chi connectivity index (χ3n) is 4.07. The lowest BCUT2D eigenvalue weighted by Gasteiger charge is -2.21. The molecule has 0 radical (unpaired) electrons. The molecule has 0 aromatic rings. The number of hydrogen-bond acceptors (Lipinski definition) is 6. The summed E-state index contributed by atoms with van der Waals surface area (Å²) in [4.78, 5) is 30.5. The van der Waals surface area contributed by atoms with Crippen molar-refractivity contribution in [1.82, 2.24) is 14.7 Å². The molecule has 0 spiro atoms. The molecule has 1 aliphatic carbocycles. The van der Waals surface area contributed by atoms with Gasteiger partial charge >= 0.3 is 0 Å². The molecule has 0 bridgehead atoms. The predicted molar refractivity (Wildman–Crippen MR) is 99.1 cm³/mol. The number of rotatable bonds is 5. The highest BCUT2D eigenvalue weighted by atomic mass is 28.4. The van der Waals surface area contributed by atoms with Crippen LogP contribution in [0.4, 0.5) is 0 Å². The first-order valence-corrected chi connectivity index (χ1v) is 13.6. The minimum atomic E-state index is -1.12. The number of Topliss-reactive ketones (excluding diaryl/α,β-unsaturated/α-hetero) is 1. The van der Waals surface area contributed by atoms with Crippen LogP contribution in [-0.2, 0) is 14.0 Å². The Hall–Kier alpha value is -1.39. The summed E-state index contributed by atoms with van der Waals surface area (Å²) >= 11 is 0. The van der Waals surface area contributed by atoms with Gasteiger partial charge in [0.05, 0.1) is 5.70 Å². The van der Waals surface area contributed by atoms with E-state index in [-0.39, 0.29) is 11.6 Å². The molecule has 0 atom stereocenters. The van der Waals surface area contributed by atoms with Crippen LogP contribution in [0.25, 0.3) is 0 Å². The van der Waals surface area contributed by atoms with Gasteiger partial charge < -0.3 is 19.1 Å². The Morgan fingerprint density at radius 1 is 0.958 bits per heavy atom. The first kappa shape index (κ1) is 17.4. The molecule has 8 heteroatoms. The molecule has 3 fully saturated rings. The lowest BCUT2D eigenvalue weighted by Crippen LogP contribution is -2.29. The largest absolute Gasteiger partial charge is 0.422 e. The molecule has 0 unspecified atom stereocenters. The molecule has 24 heavy (non-hydrogen) atoms. The summed E-state index contributed by atoms with van der Waals surface area (Å²) in [6, 6.07) is 0. The van der Waals surface area contributed by atoms with Crippen molar-refractivity contribution in [2.24, 2.45) is 0 Å². The molecular formula is C16H27N3O3Si2. The molecular weight excluding hydrogens is 338 g/mol. The highest BCUT2D eigenvalue weighted by molar-refractivity contribution is 6.69. The van der Waals surface area contributed by atoms with Crippen molar-refractivity contribution in [2.75, 3.05) is 45.5 Å². The summed E-state index contributed by atoms with van der Waals surface area (Å²) in [5.41, 5.74) is 1.89. The van der Waals surface area contributed by atoms with Crippen molar-refractivity contribution in [3.63, 3.8) is 0 Å². The number of carbonyl (C=O) groups excluding carboxylic acids is 2. The Bertz CT molecular complexity index is 613. The van der Waals surface area contributed by atoms with Gasteiger partial charge in [-0.15, -0.1) is 0 Å². The highest BCUT2D eigenvalue weighted by Crippen LogP contribution is 2.33. The average molecular weight is 366 g/mol. The van der Waals surface area contributed by atoms with E-state index >= 15 is 0 Å². The van der Waals surface area contributed by atoms with Gasteiger partial charge in [-0.2, -0.15) is 0 Å². The second-order valence-corrected chi connectivity index (χ2v) is 12.5. The quantitative estimate of drug-likeness (QED) is 0.366. The SMILES string of the molecule is C[Si](C)(C)OC[SiH3].O=C1C=C(N2CC2)C(=O)C(N2CC2)=C1N1CC1. The van der Waals surface area contributed by atoms with Crippen LogP contribution >= 0.6 is 0 Å². The van der Waals surface area contributed by atoms with E-state index in [4.69, 9.17) is 4.43 Å². The van der Waals surface area contributed by atoms with E-state index < -0.39 is 8.32 Å². The lowest BCUT2D eigenvalue weighted by atomic mass is 10.0. The van der Waals surface area contributed by atoms with Crippen molar-refractivity contribution in [3.05, 3.63) is 23.2 Å². The summed E-state index contributed by atoms with van der Waals surface area (Å²) in [5.74, 6) is 0.0485. The Morgan fingerprint density at radius 3 is 1.83 bits per heavy atom. The smallest absolute Gasteiger partial charge is 0.227 e. The van der Waals surface area contributed by atoms with Gasteiger partial charge in [-0.3, -0.25) is 9.59 Å². The van der Waals surface area contributed by atoms with Gasteiger partial charge in [0.15, 0.2) is 8.32 Å². The fourth-order valence-corrected chi connectivity index (χ4v) is 6.17. The zero-order chi connectivity index (χ0) is 17.5. The van der Waals surface area contributed by atoms with E-state index in [1.54, 1.807) is 0 Å². The summed E-state index contributed by atoms with van der Waals surface area (Å²) in [7, 11) is 0.0599. The highest BCUT2D eigenvalue weighted by Gasteiger charge is 2.43. The van der Waals surface area contributed by atoms with E-state index in [1.165, 1.54) is 16.3 Å². The second kappa shape index (κ2) is 6.49. The minimum absolute atomic E-state index is 0.00546. The van der Waals surface area contributed by atoms with Crippen molar-refractivity contribution in [3.8, 4) is 0 Å². The van der Waals surface area contributed by atoms with Crippen molar-refractivity contribution < 1.29 is 14.0 Å². The molecule has 0 amide bonds. The lowest BCUT2D eigenvalue weighted by molar-refractivity contribution is -0.117. The van der Waals surface area contributed by atoms with Crippen molar-refractivity contribution in [2.45, 2.75) is 19.6 Å². The minimum Gasteiger partial charge on any atom is -0.422 e. The Labute approximate surface area is 147 Å². The van der Waals surface area contributed by atoms with E-state index in [0.29, 0.717) is 17.1 Å². The first-order chi connectivity index (χ1) is 11.3. The van der Waals surface area contributed by atoms with Gasteiger partial charge in [-0.25, -0.2) is 0 Å². The normalized spacial score (nSPS) is 22.5. The van der Waals surface area contributed by atoms with Gasteiger partial charge in [-0.1, -0.05) is 0 Å². The van der Waals surface area contributed by atoms with E-state index in [2.05, 4.69) is 19.6 Å². The maximum Gasteiger partial charge on any atom is 0.227 e. The number of allylic oxidation sites excluding steroid dienone is 1. The predicted octanol–water partition coefficient (Wildman–Crippen LogP) is -0.659. The molecule has 4 rings (SSSR count). The van der Waals surface area contributed by atoms with Crippen LogP contribution < -0.4 is 0 Å². The fraction of sp³-hybridized carbons (Fsp3) is 0.625. The molecule has 0 aromatic carbocycles. The zero-order valence-electron chi connectivity index (χ0n) is 15.1. The summed E-state index contributed by atoms with van der Waals surface area (Å²) in [5, 5.41) is 0. The van der Waals surface area contributed by atoms with E-state index in [9.17, 15) is 9.59 Å². The van der Waals surface area contributed by atoms with Crippen LogP contribution in [-0.4, -0.2) is 90.3 Å². The molecule has 0 saturated carbocycles. The summed E-state index contributed by atoms with van der Waals surface area (Å²) in [6.45, 7) is 12.0. The van der Waals surface area contributed by atoms with Gasteiger partial charge in [0.1, 0.15) is 11.4 Å². The number of hydrogen-bond donors (Lipinski definition) is 0. The van der Waals surface area contributed by atoms with Crippen molar-refractivity contribution >= 4 is 30.1 Å². The van der Waals surface area contributed by atoms with E-state index in [1.807, 2.05) is 14.7 Å². The van der Waals surface area contributed by atoms with Crippen LogP contribution in [0.2, 0.25) is 19.6 Å². The van der Waals surface area contributed by atoms with Crippen LogP contribution in [0, 0.1) is 0 Å². The topological polar surface area (TPSA) is 52.4 Å². The zero-order valence-corrected chi connectivity index (χ0v) is 18.1. The van der Waals surface area contributed by atoms with Crippen LogP contribution in [0.5, 0.6) is 0 Å². The molecule has 3 saturated heterocycles. The van der Waals surface area contributed by atoms with E-state index in [0.717, 1.165) is 45.5 Å². The van der Waals surface area contributed by atoms with Crippen LogP contribution in [0.3, 0.4) is 0 Å². The monoisotopic (exact) mass is 365 g/mol. The maximum absolute atomic E-state index is 12.4.